The van der Waals surface area contributed by atoms with Crippen molar-refractivity contribution < 1.29 is 9.59 Å². The SMILES string of the molecule is CN1CC(=O)N(Cc2ccc(Cl)c(N)c2)C1=O. The number of urea groups is 1. The number of rotatable bonds is 2. The van der Waals surface area contributed by atoms with Gasteiger partial charge in [0.25, 0.3) is 5.91 Å². The number of benzene rings is 1. The van der Waals surface area contributed by atoms with Gasteiger partial charge in [-0.15, -0.1) is 0 Å². The molecule has 17 heavy (non-hydrogen) atoms. The summed E-state index contributed by atoms with van der Waals surface area (Å²) in [6.45, 7) is 0.352. The summed E-state index contributed by atoms with van der Waals surface area (Å²) in [6, 6.07) is 4.78. The lowest BCUT2D eigenvalue weighted by Gasteiger charge is -2.14. The third kappa shape index (κ3) is 2.19. The van der Waals surface area contributed by atoms with Crippen LogP contribution >= 0.6 is 11.6 Å². The van der Waals surface area contributed by atoms with E-state index in [1.165, 1.54) is 9.80 Å². The largest absolute Gasteiger partial charge is 0.398 e. The second-order valence-corrected chi connectivity index (χ2v) is 4.38. The lowest BCUT2D eigenvalue weighted by Crippen LogP contribution is -2.31. The average Bonchev–Trinajstić information content (AvgIpc) is 2.50. The normalized spacial score (nSPS) is 15.9. The van der Waals surface area contributed by atoms with Gasteiger partial charge in [0.15, 0.2) is 0 Å². The Labute approximate surface area is 104 Å². The Bertz CT molecular complexity index is 490. The fraction of sp³-hybridized carbons (Fsp3) is 0.273. The van der Waals surface area contributed by atoms with Crippen LogP contribution in [-0.4, -0.2) is 35.3 Å². The predicted octanol–water partition coefficient (Wildman–Crippen LogP) is 1.32. The van der Waals surface area contributed by atoms with E-state index >= 15 is 0 Å². The van der Waals surface area contributed by atoms with Crippen molar-refractivity contribution >= 4 is 29.2 Å². The number of nitrogens with two attached hydrogens (primary N) is 1. The first-order valence-corrected chi connectivity index (χ1v) is 5.46. The minimum atomic E-state index is -0.288. The van der Waals surface area contributed by atoms with Gasteiger partial charge in [-0.3, -0.25) is 9.69 Å². The van der Waals surface area contributed by atoms with E-state index < -0.39 is 0 Å². The fourth-order valence-electron chi connectivity index (χ4n) is 1.70. The third-order valence-electron chi connectivity index (χ3n) is 2.63. The van der Waals surface area contributed by atoms with Crippen molar-refractivity contribution in [2.75, 3.05) is 19.3 Å². The standard InChI is InChI=1S/C11H12ClN3O2/c1-14-6-10(16)15(11(14)17)5-7-2-3-8(12)9(13)4-7/h2-4H,5-6,13H2,1H3. The first-order chi connectivity index (χ1) is 7.99. The van der Waals surface area contributed by atoms with E-state index in [4.69, 9.17) is 17.3 Å². The van der Waals surface area contributed by atoms with Crippen molar-refractivity contribution in [2.45, 2.75) is 6.54 Å². The molecule has 0 spiro atoms. The van der Waals surface area contributed by atoms with Crippen LogP contribution < -0.4 is 5.73 Å². The second kappa shape index (κ2) is 4.25. The van der Waals surface area contributed by atoms with E-state index in [1.807, 2.05) is 0 Å². The van der Waals surface area contributed by atoms with Crippen LogP contribution in [0.3, 0.4) is 0 Å². The number of amides is 3. The summed E-state index contributed by atoms with van der Waals surface area (Å²) in [7, 11) is 1.59. The van der Waals surface area contributed by atoms with Gasteiger partial charge in [-0.25, -0.2) is 4.79 Å². The maximum atomic E-state index is 11.6. The number of nitrogen functional groups attached to an aromatic ring is 1. The molecule has 90 valence electrons. The zero-order valence-corrected chi connectivity index (χ0v) is 10.1. The summed E-state index contributed by atoms with van der Waals surface area (Å²) < 4.78 is 0. The molecule has 3 amide bonds. The molecule has 1 fully saturated rings. The maximum absolute atomic E-state index is 11.6. The molecule has 0 atom stereocenters. The molecule has 1 heterocycles. The average molecular weight is 254 g/mol. The smallest absolute Gasteiger partial charge is 0.327 e. The summed E-state index contributed by atoms with van der Waals surface area (Å²) in [5, 5.41) is 0.463. The Kier molecular flexibility index (Phi) is 2.93. The van der Waals surface area contributed by atoms with Gasteiger partial charge in [0.05, 0.1) is 17.3 Å². The first-order valence-electron chi connectivity index (χ1n) is 5.08. The molecule has 0 aliphatic carbocycles. The fourth-order valence-corrected chi connectivity index (χ4v) is 1.82. The van der Waals surface area contributed by atoms with E-state index in [2.05, 4.69) is 0 Å². The van der Waals surface area contributed by atoms with Crippen LogP contribution in [0, 0.1) is 0 Å². The van der Waals surface area contributed by atoms with Crippen molar-refractivity contribution in [2.24, 2.45) is 0 Å². The van der Waals surface area contributed by atoms with Crippen LogP contribution in [0.15, 0.2) is 18.2 Å². The minimum absolute atomic E-state index is 0.127. The van der Waals surface area contributed by atoms with Crippen molar-refractivity contribution in [1.82, 2.24) is 9.80 Å². The number of halogens is 1. The van der Waals surface area contributed by atoms with Crippen LogP contribution in [-0.2, 0) is 11.3 Å². The summed E-state index contributed by atoms with van der Waals surface area (Å²) in [4.78, 5) is 25.8. The Morgan fingerprint density at radius 2 is 2.12 bits per heavy atom. The predicted molar refractivity (Wildman–Crippen MR) is 64.4 cm³/mol. The summed E-state index contributed by atoms with van der Waals surface area (Å²) in [5.74, 6) is -0.203. The zero-order valence-electron chi connectivity index (χ0n) is 9.31. The Balaban J connectivity index is 2.18. The Morgan fingerprint density at radius 1 is 1.41 bits per heavy atom. The van der Waals surface area contributed by atoms with Crippen molar-refractivity contribution in [3.8, 4) is 0 Å². The molecule has 1 aromatic rings. The Morgan fingerprint density at radius 3 is 2.65 bits per heavy atom. The molecule has 6 heteroatoms. The molecular weight excluding hydrogens is 242 g/mol. The van der Waals surface area contributed by atoms with Crippen LogP contribution in [0.5, 0.6) is 0 Å². The van der Waals surface area contributed by atoms with E-state index in [-0.39, 0.29) is 25.0 Å². The highest BCUT2D eigenvalue weighted by Gasteiger charge is 2.33. The molecule has 0 unspecified atom stereocenters. The highest BCUT2D eigenvalue weighted by molar-refractivity contribution is 6.33. The molecule has 0 aromatic heterocycles. The van der Waals surface area contributed by atoms with Gasteiger partial charge in [-0.2, -0.15) is 0 Å². The number of nitrogens with zero attached hydrogens (tertiary/aromatic N) is 2. The summed E-state index contributed by atoms with van der Waals surface area (Å²) in [5.41, 5.74) is 6.88. The third-order valence-corrected chi connectivity index (χ3v) is 2.98. The maximum Gasteiger partial charge on any atom is 0.327 e. The highest BCUT2D eigenvalue weighted by Crippen LogP contribution is 2.21. The summed E-state index contributed by atoms with van der Waals surface area (Å²) >= 11 is 5.80. The van der Waals surface area contributed by atoms with Crippen molar-refractivity contribution in [1.29, 1.82) is 0 Å². The van der Waals surface area contributed by atoms with E-state index in [1.54, 1.807) is 25.2 Å². The quantitative estimate of drug-likeness (QED) is 0.638. The Hall–Kier alpha value is -1.75. The number of anilines is 1. The van der Waals surface area contributed by atoms with Gasteiger partial charge in [0.2, 0.25) is 0 Å². The monoisotopic (exact) mass is 253 g/mol. The van der Waals surface area contributed by atoms with Gasteiger partial charge in [0, 0.05) is 7.05 Å². The molecule has 2 N–H and O–H groups in total. The summed E-state index contributed by atoms with van der Waals surface area (Å²) in [6.07, 6.45) is 0. The number of hydrogen-bond acceptors (Lipinski definition) is 3. The first kappa shape index (κ1) is 11.7. The van der Waals surface area contributed by atoms with Crippen LogP contribution in [0.25, 0.3) is 0 Å². The lowest BCUT2D eigenvalue weighted by atomic mass is 10.2. The molecule has 0 saturated carbocycles. The van der Waals surface area contributed by atoms with E-state index in [0.29, 0.717) is 10.7 Å². The molecule has 1 aliphatic rings. The van der Waals surface area contributed by atoms with Gasteiger partial charge in [0.1, 0.15) is 6.54 Å². The molecule has 5 nitrogen and oxygen atoms in total. The lowest BCUT2D eigenvalue weighted by molar-refractivity contribution is -0.125. The molecule has 2 rings (SSSR count). The van der Waals surface area contributed by atoms with E-state index in [0.717, 1.165) is 5.56 Å². The topological polar surface area (TPSA) is 66.6 Å². The van der Waals surface area contributed by atoms with Crippen molar-refractivity contribution in [3.05, 3.63) is 28.8 Å². The van der Waals surface area contributed by atoms with Gasteiger partial charge in [-0.05, 0) is 17.7 Å². The van der Waals surface area contributed by atoms with Gasteiger partial charge in [-0.1, -0.05) is 17.7 Å². The number of carbonyl (C=O) groups is 2. The van der Waals surface area contributed by atoms with Gasteiger partial charge >= 0.3 is 6.03 Å². The van der Waals surface area contributed by atoms with Gasteiger partial charge < -0.3 is 10.6 Å². The minimum Gasteiger partial charge on any atom is -0.398 e. The number of likely N-dealkylation sites (N-methyl/N-ethyl adjacent to an activating group) is 1. The zero-order chi connectivity index (χ0) is 12.6. The van der Waals surface area contributed by atoms with Crippen LogP contribution in [0.2, 0.25) is 5.02 Å². The highest BCUT2D eigenvalue weighted by atomic mass is 35.5. The number of carbonyl (C=O) groups excluding carboxylic acids is 2. The van der Waals surface area contributed by atoms with Crippen LogP contribution in [0.1, 0.15) is 5.56 Å². The number of imide groups is 1. The number of hydrogen-bond donors (Lipinski definition) is 1. The molecule has 1 saturated heterocycles. The molecular formula is C11H12ClN3O2. The molecule has 0 radical (unpaired) electrons. The molecule has 1 aliphatic heterocycles. The van der Waals surface area contributed by atoms with Crippen LogP contribution in [0.4, 0.5) is 10.5 Å². The van der Waals surface area contributed by atoms with Crippen molar-refractivity contribution in [3.63, 3.8) is 0 Å². The van der Waals surface area contributed by atoms with E-state index in [9.17, 15) is 9.59 Å². The molecule has 1 aromatic carbocycles. The second-order valence-electron chi connectivity index (χ2n) is 3.97. The molecule has 0 bridgehead atoms.